The number of halogens is 2. The third-order valence-electron chi connectivity index (χ3n) is 1.85. The Morgan fingerprint density at radius 2 is 2.07 bits per heavy atom. The summed E-state index contributed by atoms with van der Waals surface area (Å²) in [5.74, 6) is 0.454. The maximum Gasteiger partial charge on any atom is 0.407 e. The molecule has 1 fully saturated rings. The van der Waals surface area contributed by atoms with Gasteiger partial charge in [-0.15, -0.1) is 0 Å². The van der Waals surface area contributed by atoms with E-state index in [1.807, 2.05) is 20.8 Å². The Balaban J connectivity index is 2.17. The maximum atomic E-state index is 11.2. The first-order valence-electron chi connectivity index (χ1n) is 4.55. The van der Waals surface area contributed by atoms with E-state index in [1.54, 1.807) is 0 Å². The first kappa shape index (κ1) is 12.3. The number of alkyl carbamates (subject to hydrolysis) is 1. The van der Waals surface area contributed by atoms with Crippen LogP contribution in [0.15, 0.2) is 0 Å². The fourth-order valence-electron chi connectivity index (χ4n) is 1.01. The minimum Gasteiger partial charge on any atom is -0.444 e. The molecule has 0 heterocycles. The number of rotatable bonds is 2. The highest BCUT2D eigenvalue weighted by molar-refractivity contribution is 9.25. The van der Waals surface area contributed by atoms with Crippen LogP contribution in [0.3, 0.4) is 0 Å². The Labute approximate surface area is 101 Å². The molecular weight excluding hydrogens is 314 g/mol. The molecule has 0 aromatic carbocycles. The quantitative estimate of drug-likeness (QED) is 0.791. The van der Waals surface area contributed by atoms with Crippen molar-refractivity contribution < 1.29 is 9.53 Å². The Bertz CT molecular complexity index is 235. The lowest BCUT2D eigenvalue weighted by atomic mass is 10.2. The zero-order valence-corrected chi connectivity index (χ0v) is 11.7. The minimum absolute atomic E-state index is 0.0367. The van der Waals surface area contributed by atoms with Crippen molar-refractivity contribution in [2.24, 2.45) is 5.92 Å². The van der Waals surface area contributed by atoms with Gasteiger partial charge in [0.15, 0.2) is 0 Å². The van der Waals surface area contributed by atoms with E-state index in [2.05, 4.69) is 37.2 Å². The molecule has 82 valence electrons. The van der Waals surface area contributed by atoms with E-state index in [0.717, 1.165) is 6.42 Å². The molecule has 1 aliphatic rings. The maximum absolute atomic E-state index is 11.2. The number of hydrogen-bond acceptors (Lipinski definition) is 2. The van der Waals surface area contributed by atoms with Crippen molar-refractivity contribution in [3.05, 3.63) is 0 Å². The molecule has 1 unspecified atom stereocenters. The Hall–Kier alpha value is 0.230. The first-order chi connectivity index (χ1) is 6.21. The smallest absolute Gasteiger partial charge is 0.407 e. The fraction of sp³-hybridized carbons (Fsp3) is 0.889. The molecule has 1 saturated carbocycles. The molecule has 1 rings (SSSR count). The monoisotopic (exact) mass is 327 g/mol. The highest BCUT2D eigenvalue weighted by Gasteiger charge is 2.50. The lowest BCUT2D eigenvalue weighted by Crippen LogP contribution is -2.34. The normalized spacial score (nSPS) is 24.2. The van der Waals surface area contributed by atoms with Crippen molar-refractivity contribution in [2.75, 3.05) is 6.54 Å². The molecule has 14 heavy (non-hydrogen) atoms. The van der Waals surface area contributed by atoms with Crippen LogP contribution in [-0.4, -0.2) is 21.5 Å². The number of carbonyl (C=O) groups excluding carboxylic acids is 1. The molecule has 0 radical (unpaired) electrons. The number of hydrogen-bond donors (Lipinski definition) is 1. The lowest BCUT2D eigenvalue weighted by molar-refractivity contribution is 0.0525. The molecule has 0 saturated heterocycles. The van der Waals surface area contributed by atoms with Gasteiger partial charge in [-0.25, -0.2) is 4.79 Å². The SMILES string of the molecule is CC(C)(C)OC(=O)NCC1CC1(Br)Br. The summed E-state index contributed by atoms with van der Waals surface area (Å²) in [4.78, 5) is 11.2. The largest absolute Gasteiger partial charge is 0.444 e. The summed E-state index contributed by atoms with van der Waals surface area (Å²) in [6, 6.07) is 0. The van der Waals surface area contributed by atoms with Crippen molar-refractivity contribution in [3.63, 3.8) is 0 Å². The van der Waals surface area contributed by atoms with Crippen LogP contribution >= 0.6 is 31.9 Å². The van der Waals surface area contributed by atoms with E-state index < -0.39 is 5.60 Å². The minimum atomic E-state index is -0.423. The molecule has 3 nitrogen and oxygen atoms in total. The highest BCUT2D eigenvalue weighted by atomic mass is 79.9. The fourth-order valence-corrected chi connectivity index (χ4v) is 2.12. The summed E-state index contributed by atoms with van der Waals surface area (Å²) in [7, 11) is 0. The molecule has 5 heteroatoms. The van der Waals surface area contributed by atoms with Crippen molar-refractivity contribution in [3.8, 4) is 0 Å². The van der Waals surface area contributed by atoms with Crippen LogP contribution in [0, 0.1) is 5.92 Å². The van der Waals surface area contributed by atoms with Crippen molar-refractivity contribution in [2.45, 2.75) is 36.0 Å². The second-order valence-corrected chi connectivity index (χ2v) is 8.44. The molecule has 0 bridgehead atoms. The summed E-state index contributed by atoms with van der Waals surface area (Å²) >= 11 is 6.98. The number of amides is 1. The van der Waals surface area contributed by atoms with Crippen LogP contribution in [-0.2, 0) is 4.74 Å². The standard InChI is InChI=1S/C9H15Br2NO2/c1-8(2,3)14-7(13)12-5-6-4-9(6,10)11/h6H,4-5H2,1-3H3,(H,12,13). The van der Waals surface area contributed by atoms with Crippen molar-refractivity contribution >= 4 is 38.0 Å². The van der Waals surface area contributed by atoms with E-state index in [0.29, 0.717) is 12.5 Å². The second kappa shape index (κ2) is 4.00. The molecule has 0 aromatic heterocycles. The first-order valence-corrected chi connectivity index (χ1v) is 6.14. The van der Waals surface area contributed by atoms with Gasteiger partial charge in [-0.05, 0) is 27.2 Å². The predicted octanol–water partition coefficient (Wildman–Crippen LogP) is 3.02. The van der Waals surface area contributed by atoms with E-state index in [-0.39, 0.29) is 9.33 Å². The molecule has 0 aromatic rings. The topological polar surface area (TPSA) is 38.3 Å². The van der Waals surface area contributed by atoms with Crippen LogP contribution in [0.2, 0.25) is 0 Å². The van der Waals surface area contributed by atoms with E-state index in [9.17, 15) is 4.79 Å². The van der Waals surface area contributed by atoms with Crippen LogP contribution in [0.25, 0.3) is 0 Å². The van der Waals surface area contributed by atoms with Gasteiger partial charge < -0.3 is 10.1 Å². The van der Waals surface area contributed by atoms with Crippen LogP contribution in [0.4, 0.5) is 4.79 Å². The Morgan fingerprint density at radius 3 is 2.43 bits per heavy atom. The Kier molecular flexibility index (Phi) is 3.52. The number of alkyl halides is 2. The molecular formula is C9H15Br2NO2. The zero-order chi connectivity index (χ0) is 11.0. The van der Waals surface area contributed by atoms with Gasteiger partial charge in [-0.3, -0.25) is 0 Å². The second-order valence-electron chi connectivity index (χ2n) is 4.54. The zero-order valence-electron chi connectivity index (χ0n) is 8.56. The van der Waals surface area contributed by atoms with Gasteiger partial charge in [-0.1, -0.05) is 31.9 Å². The van der Waals surface area contributed by atoms with E-state index in [4.69, 9.17) is 4.74 Å². The Morgan fingerprint density at radius 1 is 1.57 bits per heavy atom. The van der Waals surface area contributed by atoms with Gasteiger partial charge in [0.2, 0.25) is 0 Å². The van der Waals surface area contributed by atoms with Crippen LogP contribution < -0.4 is 5.32 Å². The molecule has 1 amide bonds. The van der Waals surface area contributed by atoms with E-state index >= 15 is 0 Å². The van der Waals surface area contributed by atoms with Gasteiger partial charge in [0.1, 0.15) is 5.60 Å². The highest BCUT2D eigenvalue weighted by Crippen LogP contribution is 2.55. The van der Waals surface area contributed by atoms with Gasteiger partial charge in [0.25, 0.3) is 0 Å². The summed E-state index contributed by atoms with van der Waals surface area (Å²) in [5, 5.41) is 2.74. The number of ether oxygens (including phenoxy) is 1. The van der Waals surface area contributed by atoms with Gasteiger partial charge in [-0.2, -0.15) is 0 Å². The molecule has 0 aliphatic heterocycles. The third-order valence-corrected chi connectivity index (χ3v) is 3.79. The molecule has 1 aliphatic carbocycles. The van der Waals surface area contributed by atoms with Crippen molar-refractivity contribution in [1.29, 1.82) is 0 Å². The van der Waals surface area contributed by atoms with Crippen LogP contribution in [0.5, 0.6) is 0 Å². The average molecular weight is 329 g/mol. The van der Waals surface area contributed by atoms with Gasteiger partial charge >= 0.3 is 6.09 Å². The molecule has 0 spiro atoms. The van der Waals surface area contributed by atoms with Crippen molar-refractivity contribution in [1.82, 2.24) is 5.32 Å². The summed E-state index contributed by atoms with van der Waals surface area (Å²) in [5.41, 5.74) is -0.423. The number of nitrogens with one attached hydrogen (secondary N) is 1. The summed E-state index contributed by atoms with van der Waals surface area (Å²) in [6.45, 7) is 6.19. The average Bonchev–Trinajstić information content (AvgIpc) is 2.51. The van der Waals surface area contributed by atoms with Gasteiger partial charge in [0.05, 0.1) is 3.23 Å². The predicted molar refractivity (Wildman–Crippen MR) is 62.9 cm³/mol. The summed E-state index contributed by atoms with van der Waals surface area (Å²) in [6.07, 6.45) is 0.684. The van der Waals surface area contributed by atoms with Gasteiger partial charge in [0, 0.05) is 12.5 Å². The number of carbonyl (C=O) groups is 1. The van der Waals surface area contributed by atoms with Crippen LogP contribution in [0.1, 0.15) is 27.2 Å². The third kappa shape index (κ3) is 4.17. The molecule has 1 atom stereocenters. The summed E-state index contributed by atoms with van der Waals surface area (Å²) < 4.78 is 5.14. The van der Waals surface area contributed by atoms with E-state index in [1.165, 1.54) is 0 Å². The lowest BCUT2D eigenvalue weighted by Gasteiger charge is -2.19. The molecule has 1 N–H and O–H groups in total.